The Hall–Kier alpha value is -1.49. The number of urea groups is 1. The van der Waals surface area contributed by atoms with Crippen molar-refractivity contribution in [3.63, 3.8) is 0 Å². The van der Waals surface area contributed by atoms with E-state index in [0.29, 0.717) is 19.5 Å². The first kappa shape index (κ1) is 13.0. The van der Waals surface area contributed by atoms with Gasteiger partial charge >= 0.3 is 6.03 Å². The Kier molecular flexibility index (Phi) is 4.64. The number of hydrogen-bond acceptors (Lipinski definition) is 3. The number of nitrogens with zero attached hydrogens (tertiary/aromatic N) is 1. The molecule has 1 atom stereocenters. The average molecular weight is 252 g/mol. The lowest BCUT2D eigenvalue weighted by atomic mass is 9.99. The Balaban J connectivity index is 1.70. The summed E-state index contributed by atoms with van der Waals surface area (Å²) in [4.78, 5) is 13.7. The Labute approximate surface area is 107 Å². The maximum absolute atomic E-state index is 11.9. The van der Waals surface area contributed by atoms with Gasteiger partial charge in [-0.25, -0.2) is 4.79 Å². The number of carbonyl (C=O) groups excluding carboxylic acids is 1. The third-order valence-corrected chi connectivity index (χ3v) is 3.29. The normalized spacial score (nSPS) is 19.8. The summed E-state index contributed by atoms with van der Waals surface area (Å²) in [6.45, 7) is 2.18. The van der Waals surface area contributed by atoms with Crippen molar-refractivity contribution in [2.75, 3.05) is 26.2 Å². The molecule has 0 aromatic carbocycles. The second-order valence-corrected chi connectivity index (χ2v) is 4.70. The molecule has 0 radical (unpaired) electrons. The lowest BCUT2D eigenvalue weighted by molar-refractivity contribution is 0.129. The van der Waals surface area contributed by atoms with Gasteiger partial charge in [0.1, 0.15) is 5.76 Å². The van der Waals surface area contributed by atoms with Crippen LogP contribution >= 0.6 is 0 Å². The molecule has 5 heteroatoms. The molecule has 18 heavy (non-hydrogen) atoms. The van der Waals surface area contributed by atoms with Crippen LogP contribution in [0.25, 0.3) is 0 Å². The zero-order valence-electron chi connectivity index (χ0n) is 10.5. The third-order valence-electron chi connectivity index (χ3n) is 3.29. The van der Waals surface area contributed by atoms with E-state index in [1.54, 1.807) is 11.2 Å². The van der Waals surface area contributed by atoms with E-state index in [4.69, 9.17) is 9.52 Å². The van der Waals surface area contributed by atoms with Crippen LogP contribution < -0.4 is 5.32 Å². The molecule has 2 amide bonds. The fraction of sp³-hybridized carbons (Fsp3) is 0.615. The van der Waals surface area contributed by atoms with Crippen LogP contribution in [0, 0.1) is 5.92 Å². The maximum Gasteiger partial charge on any atom is 0.317 e. The van der Waals surface area contributed by atoms with Gasteiger partial charge in [-0.15, -0.1) is 0 Å². The largest absolute Gasteiger partial charge is 0.469 e. The molecule has 2 heterocycles. The molecule has 1 unspecified atom stereocenters. The molecule has 1 fully saturated rings. The summed E-state index contributed by atoms with van der Waals surface area (Å²) in [6, 6.07) is 3.70. The van der Waals surface area contributed by atoms with E-state index in [1.165, 1.54) is 0 Å². The van der Waals surface area contributed by atoms with E-state index in [-0.39, 0.29) is 18.6 Å². The lowest BCUT2D eigenvalue weighted by Crippen LogP contribution is -2.46. The van der Waals surface area contributed by atoms with Gasteiger partial charge in [0, 0.05) is 32.7 Å². The van der Waals surface area contributed by atoms with Crippen molar-refractivity contribution in [3.8, 4) is 0 Å². The molecule has 1 aliphatic heterocycles. The molecule has 0 aliphatic carbocycles. The van der Waals surface area contributed by atoms with Crippen LogP contribution in [-0.2, 0) is 6.42 Å². The van der Waals surface area contributed by atoms with Crippen molar-refractivity contribution in [3.05, 3.63) is 24.2 Å². The van der Waals surface area contributed by atoms with Gasteiger partial charge in [-0.1, -0.05) is 0 Å². The van der Waals surface area contributed by atoms with Gasteiger partial charge in [-0.3, -0.25) is 0 Å². The number of furan rings is 1. The van der Waals surface area contributed by atoms with Gasteiger partial charge in [0.25, 0.3) is 0 Å². The number of amides is 2. The van der Waals surface area contributed by atoms with E-state index in [1.807, 2.05) is 12.1 Å². The minimum absolute atomic E-state index is 0.0419. The molecule has 2 N–H and O–H groups in total. The molecule has 1 aromatic heterocycles. The third kappa shape index (κ3) is 3.50. The quantitative estimate of drug-likeness (QED) is 0.847. The van der Waals surface area contributed by atoms with Crippen LogP contribution in [-0.4, -0.2) is 42.3 Å². The Morgan fingerprint density at radius 3 is 3.22 bits per heavy atom. The number of aliphatic hydroxyl groups excluding tert-OH is 1. The van der Waals surface area contributed by atoms with Crippen molar-refractivity contribution in [2.45, 2.75) is 19.3 Å². The second-order valence-electron chi connectivity index (χ2n) is 4.70. The minimum atomic E-state index is -0.0419. The Bertz CT molecular complexity index is 364. The average Bonchev–Trinajstić information content (AvgIpc) is 2.92. The predicted molar refractivity (Wildman–Crippen MR) is 67.2 cm³/mol. The van der Waals surface area contributed by atoms with E-state index in [9.17, 15) is 4.79 Å². The number of carbonyl (C=O) groups is 1. The van der Waals surface area contributed by atoms with Crippen LogP contribution in [0.5, 0.6) is 0 Å². The number of hydrogen-bond donors (Lipinski definition) is 2. The van der Waals surface area contributed by atoms with Gasteiger partial charge < -0.3 is 19.7 Å². The monoisotopic (exact) mass is 252 g/mol. The number of piperidine rings is 1. The van der Waals surface area contributed by atoms with Crippen molar-refractivity contribution in [1.29, 1.82) is 0 Å². The Morgan fingerprint density at radius 2 is 2.50 bits per heavy atom. The molecule has 0 bridgehead atoms. The molecule has 1 aromatic rings. The van der Waals surface area contributed by atoms with E-state index >= 15 is 0 Å². The standard InChI is InChI=1S/C13H20N2O3/c16-10-11-3-1-7-15(9-11)13(17)14-6-5-12-4-2-8-18-12/h2,4,8,11,16H,1,3,5-7,9-10H2,(H,14,17). The highest BCUT2D eigenvalue weighted by Crippen LogP contribution is 2.15. The van der Waals surface area contributed by atoms with Gasteiger partial charge in [-0.2, -0.15) is 0 Å². The van der Waals surface area contributed by atoms with Crippen LogP contribution in [0.4, 0.5) is 4.79 Å². The second kappa shape index (κ2) is 6.44. The predicted octanol–water partition coefficient (Wildman–Crippen LogP) is 1.24. The number of nitrogens with one attached hydrogen (secondary N) is 1. The molecule has 0 spiro atoms. The summed E-state index contributed by atoms with van der Waals surface area (Å²) < 4.78 is 5.20. The van der Waals surface area contributed by atoms with Crippen LogP contribution in [0.2, 0.25) is 0 Å². The van der Waals surface area contributed by atoms with Gasteiger partial charge in [-0.05, 0) is 30.9 Å². The van der Waals surface area contributed by atoms with E-state index in [2.05, 4.69) is 5.32 Å². The highest BCUT2D eigenvalue weighted by Gasteiger charge is 2.22. The molecule has 100 valence electrons. The van der Waals surface area contributed by atoms with E-state index < -0.39 is 0 Å². The zero-order valence-corrected chi connectivity index (χ0v) is 10.5. The van der Waals surface area contributed by atoms with Gasteiger partial charge in [0.15, 0.2) is 0 Å². The number of likely N-dealkylation sites (tertiary alicyclic amines) is 1. The first-order valence-electron chi connectivity index (χ1n) is 6.45. The molecular weight excluding hydrogens is 232 g/mol. The first-order valence-corrected chi connectivity index (χ1v) is 6.45. The maximum atomic E-state index is 11.9. The van der Waals surface area contributed by atoms with Crippen LogP contribution in [0.1, 0.15) is 18.6 Å². The summed E-state index contributed by atoms with van der Waals surface area (Å²) in [5.41, 5.74) is 0. The lowest BCUT2D eigenvalue weighted by Gasteiger charge is -2.31. The van der Waals surface area contributed by atoms with Crippen molar-refractivity contribution in [2.24, 2.45) is 5.92 Å². The summed E-state index contributed by atoms with van der Waals surface area (Å²) in [5.74, 6) is 1.11. The van der Waals surface area contributed by atoms with Crippen molar-refractivity contribution < 1.29 is 14.3 Å². The Morgan fingerprint density at radius 1 is 1.61 bits per heavy atom. The minimum Gasteiger partial charge on any atom is -0.469 e. The number of rotatable bonds is 4. The molecule has 1 aliphatic rings. The van der Waals surface area contributed by atoms with Crippen LogP contribution in [0.15, 0.2) is 22.8 Å². The molecular formula is C13H20N2O3. The smallest absolute Gasteiger partial charge is 0.317 e. The summed E-state index contributed by atoms with van der Waals surface area (Å²) in [5, 5.41) is 12.0. The number of aliphatic hydroxyl groups is 1. The van der Waals surface area contributed by atoms with E-state index in [0.717, 1.165) is 25.1 Å². The molecule has 1 saturated heterocycles. The summed E-state index contributed by atoms with van der Waals surface area (Å²) in [7, 11) is 0. The van der Waals surface area contributed by atoms with Gasteiger partial charge in [0.2, 0.25) is 0 Å². The SMILES string of the molecule is O=C(NCCc1ccco1)N1CCCC(CO)C1. The fourth-order valence-electron chi connectivity index (χ4n) is 2.26. The summed E-state index contributed by atoms with van der Waals surface area (Å²) >= 11 is 0. The highest BCUT2D eigenvalue weighted by molar-refractivity contribution is 5.74. The van der Waals surface area contributed by atoms with Gasteiger partial charge in [0.05, 0.1) is 6.26 Å². The first-order chi connectivity index (χ1) is 8.79. The molecule has 0 saturated carbocycles. The van der Waals surface area contributed by atoms with Crippen molar-refractivity contribution in [1.82, 2.24) is 10.2 Å². The highest BCUT2D eigenvalue weighted by atomic mass is 16.3. The molecule has 2 rings (SSSR count). The fourth-order valence-corrected chi connectivity index (χ4v) is 2.26. The topological polar surface area (TPSA) is 65.7 Å². The summed E-state index contributed by atoms with van der Waals surface area (Å²) in [6.07, 6.45) is 4.31. The van der Waals surface area contributed by atoms with Crippen LogP contribution in [0.3, 0.4) is 0 Å². The van der Waals surface area contributed by atoms with Crippen molar-refractivity contribution >= 4 is 6.03 Å². The zero-order chi connectivity index (χ0) is 12.8. The molecule has 5 nitrogen and oxygen atoms in total.